The van der Waals surface area contributed by atoms with Gasteiger partial charge >= 0.3 is 0 Å². The normalized spacial score (nSPS) is 43.3. The Hall–Kier alpha value is -0.740. The summed E-state index contributed by atoms with van der Waals surface area (Å²) in [5, 5.41) is 18.7. The first kappa shape index (κ1) is 9.35. The first-order valence-electron chi connectivity index (χ1n) is 3.77. The largest absolute Gasteiger partial charge is 0.382 e. The molecule has 4 heteroatoms. The zero-order chi connectivity index (χ0) is 9.57. The van der Waals surface area contributed by atoms with Crippen molar-refractivity contribution in [3.05, 3.63) is 0 Å². The number of hydrogen-bond donors (Lipinski definition) is 2. The van der Waals surface area contributed by atoms with Gasteiger partial charge in [0, 0.05) is 12.8 Å². The molecule has 2 N–H and O–H groups in total. The molecule has 0 aromatic rings. The molecule has 0 bridgehead atoms. The van der Waals surface area contributed by atoms with Crippen LogP contribution in [0.5, 0.6) is 0 Å². The summed E-state index contributed by atoms with van der Waals surface area (Å²) < 4.78 is 0. The van der Waals surface area contributed by atoms with E-state index in [0.29, 0.717) is 0 Å². The average Bonchev–Trinajstić information content (AvgIpc) is 1.82. The van der Waals surface area contributed by atoms with Crippen LogP contribution in [-0.2, 0) is 9.59 Å². The number of rotatable bonds is 0. The summed E-state index contributed by atoms with van der Waals surface area (Å²) in [6, 6.07) is 0. The van der Waals surface area contributed by atoms with Gasteiger partial charge in [-0.3, -0.25) is 9.59 Å². The van der Waals surface area contributed by atoms with E-state index in [1.165, 1.54) is 13.8 Å². The molecular formula is C8H12O4. The van der Waals surface area contributed by atoms with Crippen molar-refractivity contribution in [2.24, 2.45) is 0 Å². The second-order valence-corrected chi connectivity index (χ2v) is 3.75. The molecule has 0 aromatic carbocycles. The molecule has 1 fully saturated rings. The molecule has 0 amide bonds. The van der Waals surface area contributed by atoms with Crippen LogP contribution in [0.25, 0.3) is 0 Å². The third kappa shape index (κ3) is 1.40. The summed E-state index contributed by atoms with van der Waals surface area (Å²) in [6.45, 7) is 2.59. The topological polar surface area (TPSA) is 74.6 Å². The molecule has 2 atom stereocenters. The maximum atomic E-state index is 11.1. The fourth-order valence-corrected chi connectivity index (χ4v) is 1.20. The Balaban J connectivity index is 2.91. The molecular weight excluding hydrogens is 160 g/mol. The summed E-state index contributed by atoms with van der Waals surface area (Å²) >= 11 is 0. The van der Waals surface area contributed by atoms with E-state index < -0.39 is 22.8 Å². The van der Waals surface area contributed by atoms with Gasteiger partial charge in [0.1, 0.15) is 11.2 Å². The maximum Gasteiger partial charge on any atom is 0.167 e. The van der Waals surface area contributed by atoms with Gasteiger partial charge in [0.05, 0.1) is 0 Å². The van der Waals surface area contributed by atoms with E-state index in [2.05, 4.69) is 0 Å². The first-order chi connectivity index (χ1) is 5.26. The minimum absolute atomic E-state index is 0.293. The summed E-state index contributed by atoms with van der Waals surface area (Å²) in [4.78, 5) is 22.2. The van der Waals surface area contributed by atoms with Crippen LogP contribution in [0, 0.1) is 0 Å². The lowest BCUT2D eigenvalue weighted by atomic mass is 9.76. The Bertz CT molecular complexity index is 213. The fraction of sp³-hybridized carbons (Fsp3) is 0.750. The minimum Gasteiger partial charge on any atom is -0.382 e. The molecule has 0 aromatic heterocycles. The first-order valence-corrected chi connectivity index (χ1v) is 3.77. The van der Waals surface area contributed by atoms with E-state index in [0.717, 1.165) is 0 Å². The van der Waals surface area contributed by atoms with Crippen molar-refractivity contribution in [2.75, 3.05) is 0 Å². The molecule has 1 rings (SSSR count). The fourth-order valence-electron chi connectivity index (χ4n) is 1.20. The van der Waals surface area contributed by atoms with Gasteiger partial charge in [-0.25, -0.2) is 0 Å². The third-order valence-corrected chi connectivity index (χ3v) is 2.21. The molecule has 12 heavy (non-hydrogen) atoms. The van der Waals surface area contributed by atoms with Crippen LogP contribution in [0.4, 0.5) is 0 Å². The van der Waals surface area contributed by atoms with Gasteiger partial charge in [-0.05, 0) is 13.8 Å². The molecule has 0 spiro atoms. The SMILES string of the molecule is CC1(O)CC(=O)C(C)(O)CC1=O. The number of hydrogen-bond acceptors (Lipinski definition) is 4. The monoisotopic (exact) mass is 172 g/mol. The summed E-state index contributed by atoms with van der Waals surface area (Å²) in [5.74, 6) is -0.959. The van der Waals surface area contributed by atoms with Gasteiger partial charge in [0.25, 0.3) is 0 Å². The van der Waals surface area contributed by atoms with Crippen molar-refractivity contribution >= 4 is 11.6 Å². The lowest BCUT2D eigenvalue weighted by Crippen LogP contribution is -2.53. The van der Waals surface area contributed by atoms with E-state index in [-0.39, 0.29) is 12.8 Å². The summed E-state index contributed by atoms with van der Waals surface area (Å²) in [5.41, 5.74) is -3.17. The molecule has 1 saturated carbocycles. The molecule has 0 aliphatic heterocycles. The molecule has 1 aliphatic carbocycles. The predicted octanol–water partition coefficient (Wildman–Crippen LogP) is -0.580. The Morgan fingerprint density at radius 3 is 1.50 bits per heavy atom. The lowest BCUT2D eigenvalue weighted by Gasteiger charge is -2.33. The molecule has 0 heterocycles. The highest BCUT2D eigenvalue weighted by atomic mass is 16.3. The van der Waals surface area contributed by atoms with Crippen molar-refractivity contribution in [3.63, 3.8) is 0 Å². The quantitative estimate of drug-likeness (QED) is 0.512. The Labute approximate surface area is 70.2 Å². The van der Waals surface area contributed by atoms with Crippen molar-refractivity contribution in [1.29, 1.82) is 0 Å². The van der Waals surface area contributed by atoms with Gasteiger partial charge in [-0.2, -0.15) is 0 Å². The number of Topliss-reactive ketones (excluding diaryl/α,β-unsaturated/α-hetero) is 2. The molecule has 1 aliphatic rings. The maximum absolute atomic E-state index is 11.1. The van der Waals surface area contributed by atoms with Gasteiger partial charge in [0.2, 0.25) is 0 Å². The summed E-state index contributed by atoms with van der Waals surface area (Å²) in [7, 11) is 0. The molecule has 0 saturated heterocycles. The highest BCUT2D eigenvalue weighted by Gasteiger charge is 2.47. The standard InChI is InChI=1S/C8H12O4/c1-7(11)3-6(10)8(2,12)4-5(7)9/h11-12H,3-4H2,1-2H3. The van der Waals surface area contributed by atoms with Crippen molar-refractivity contribution in [3.8, 4) is 0 Å². The predicted molar refractivity (Wildman–Crippen MR) is 40.5 cm³/mol. The summed E-state index contributed by atoms with van der Waals surface area (Å²) in [6.07, 6.45) is -0.586. The second kappa shape index (κ2) is 2.37. The van der Waals surface area contributed by atoms with E-state index >= 15 is 0 Å². The van der Waals surface area contributed by atoms with Gasteiger partial charge in [0.15, 0.2) is 11.6 Å². The number of ketones is 2. The number of carbonyl (C=O) groups is 2. The van der Waals surface area contributed by atoms with E-state index in [1.807, 2.05) is 0 Å². The molecule has 4 nitrogen and oxygen atoms in total. The van der Waals surface area contributed by atoms with Gasteiger partial charge in [-0.1, -0.05) is 0 Å². The molecule has 2 unspecified atom stereocenters. The van der Waals surface area contributed by atoms with Crippen LogP contribution in [-0.4, -0.2) is 33.0 Å². The smallest absolute Gasteiger partial charge is 0.167 e. The Kier molecular flexibility index (Phi) is 1.85. The second-order valence-electron chi connectivity index (χ2n) is 3.75. The van der Waals surface area contributed by atoms with Crippen LogP contribution >= 0.6 is 0 Å². The molecule has 0 radical (unpaired) electrons. The average molecular weight is 172 g/mol. The van der Waals surface area contributed by atoms with Crippen LogP contribution < -0.4 is 0 Å². The van der Waals surface area contributed by atoms with Crippen LogP contribution in [0.1, 0.15) is 26.7 Å². The number of carbonyl (C=O) groups excluding carboxylic acids is 2. The van der Waals surface area contributed by atoms with E-state index in [9.17, 15) is 19.8 Å². The van der Waals surface area contributed by atoms with E-state index in [1.54, 1.807) is 0 Å². The third-order valence-electron chi connectivity index (χ3n) is 2.21. The lowest BCUT2D eigenvalue weighted by molar-refractivity contribution is -0.161. The van der Waals surface area contributed by atoms with Gasteiger partial charge in [-0.15, -0.1) is 0 Å². The highest BCUT2D eigenvalue weighted by molar-refractivity contribution is 6.03. The van der Waals surface area contributed by atoms with Gasteiger partial charge < -0.3 is 10.2 Å². The zero-order valence-corrected chi connectivity index (χ0v) is 7.13. The zero-order valence-electron chi connectivity index (χ0n) is 7.13. The van der Waals surface area contributed by atoms with Crippen molar-refractivity contribution < 1.29 is 19.8 Å². The highest BCUT2D eigenvalue weighted by Crippen LogP contribution is 2.28. The Morgan fingerprint density at radius 1 is 1.00 bits per heavy atom. The Morgan fingerprint density at radius 2 is 1.25 bits per heavy atom. The van der Waals surface area contributed by atoms with Crippen LogP contribution in [0.2, 0.25) is 0 Å². The minimum atomic E-state index is -1.58. The van der Waals surface area contributed by atoms with Crippen LogP contribution in [0.3, 0.4) is 0 Å². The number of aliphatic hydroxyl groups is 2. The molecule has 68 valence electrons. The van der Waals surface area contributed by atoms with Crippen molar-refractivity contribution in [1.82, 2.24) is 0 Å². The van der Waals surface area contributed by atoms with Crippen LogP contribution in [0.15, 0.2) is 0 Å². The van der Waals surface area contributed by atoms with E-state index in [4.69, 9.17) is 0 Å². The van der Waals surface area contributed by atoms with Crippen molar-refractivity contribution in [2.45, 2.75) is 37.9 Å².